The Morgan fingerprint density at radius 2 is 2.20 bits per heavy atom. The smallest absolute Gasteiger partial charge is 0.311 e. The van der Waals surface area contributed by atoms with Gasteiger partial charge in [-0.2, -0.15) is 0 Å². The summed E-state index contributed by atoms with van der Waals surface area (Å²) in [6, 6.07) is -0.292. The number of carbonyl (C=O) groups excluding carboxylic acids is 1. The summed E-state index contributed by atoms with van der Waals surface area (Å²) < 4.78 is 0. The molecule has 0 aromatic heterocycles. The Labute approximate surface area is 89.0 Å². The van der Waals surface area contributed by atoms with Crippen molar-refractivity contribution in [2.45, 2.75) is 38.6 Å². The van der Waals surface area contributed by atoms with Crippen molar-refractivity contribution in [2.24, 2.45) is 11.1 Å². The molecule has 5 heteroatoms. The van der Waals surface area contributed by atoms with Crippen LogP contribution in [-0.2, 0) is 9.59 Å². The van der Waals surface area contributed by atoms with Gasteiger partial charge in [0.15, 0.2) is 0 Å². The highest BCUT2D eigenvalue weighted by Gasteiger charge is 2.43. The number of carbonyl (C=O) groups is 2. The lowest BCUT2D eigenvalue weighted by molar-refractivity contribution is -0.152. The third-order valence-corrected chi connectivity index (χ3v) is 3.22. The summed E-state index contributed by atoms with van der Waals surface area (Å²) in [7, 11) is 0. The van der Waals surface area contributed by atoms with Gasteiger partial charge < -0.3 is 16.2 Å². The molecule has 0 aliphatic heterocycles. The molecule has 1 fully saturated rings. The van der Waals surface area contributed by atoms with E-state index < -0.39 is 11.4 Å². The van der Waals surface area contributed by atoms with Crippen LogP contribution in [0.3, 0.4) is 0 Å². The minimum absolute atomic E-state index is 0.0911. The zero-order chi connectivity index (χ0) is 11.5. The van der Waals surface area contributed by atoms with E-state index in [1.807, 2.05) is 0 Å². The molecule has 0 aromatic rings. The van der Waals surface area contributed by atoms with Crippen LogP contribution in [0.15, 0.2) is 0 Å². The minimum atomic E-state index is -0.844. The molecule has 0 heterocycles. The summed E-state index contributed by atoms with van der Waals surface area (Å²) in [6.45, 7) is 1.60. The number of hydrogen-bond acceptors (Lipinski definition) is 3. The van der Waals surface area contributed by atoms with Gasteiger partial charge in [-0.25, -0.2) is 0 Å². The largest absolute Gasteiger partial charge is 0.481 e. The maximum Gasteiger partial charge on any atom is 0.311 e. The van der Waals surface area contributed by atoms with Gasteiger partial charge in [-0.05, 0) is 19.8 Å². The Morgan fingerprint density at radius 1 is 1.53 bits per heavy atom. The lowest BCUT2D eigenvalue weighted by Gasteiger charge is -2.38. The van der Waals surface area contributed by atoms with Crippen LogP contribution in [0, 0.1) is 5.41 Å². The Hall–Kier alpha value is -1.10. The van der Waals surface area contributed by atoms with Crippen LogP contribution >= 0.6 is 0 Å². The summed E-state index contributed by atoms with van der Waals surface area (Å²) >= 11 is 0. The Kier molecular flexibility index (Phi) is 3.68. The number of aliphatic carboxylic acids is 1. The van der Waals surface area contributed by atoms with Crippen molar-refractivity contribution >= 4 is 11.9 Å². The van der Waals surface area contributed by atoms with E-state index >= 15 is 0 Å². The van der Waals surface area contributed by atoms with Gasteiger partial charge in [0, 0.05) is 6.04 Å². The van der Waals surface area contributed by atoms with Gasteiger partial charge in [-0.3, -0.25) is 9.59 Å². The first kappa shape index (κ1) is 12.0. The molecule has 2 atom stereocenters. The highest BCUT2D eigenvalue weighted by Crippen LogP contribution is 2.36. The Morgan fingerprint density at radius 3 is 2.73 bits per heavy atom. The number of carboxylic acids is 1. The summed E-state index contributed by atoms with van der Waals surface area (Å²) in [5.41, 5.74) is 4.35. The van der Waals surface area contributed by atoms with Crippen molar-refractivity contribution in [1.29, 1.82) is 0 Å². The first-order valence-electron chi connectivity index (χ1n) is 5.23. The van der Waals surface area contributed by atoms with Crippen LogP contribution < -0.4 is 11.1 Å². The number of amides is 1. The summed E-state index contributed by atoms with van der Waals surface area (Å²) in [5, 5.41) is 11.9. The van der Waals surface area contributed by atoms with Crippen molar-refractivity contribution in [3.05, 3.63) is 0 Å². The highest BCUT2D eigenvalue weighted by atomic mass is 16.4. The molecule has 15 heavy (non-hydrogen) atoms. The second-order valence-corrected chi connectivity index (χ2v) is 4.29. The Bertz CT molecular complexity index is 267. The first-order chi connectivity index (χ1) is 7.00. The van der Waals surface area contributed by atoms with E-state index in [9.17, 15) is 14.7 Å². The lowest BCUT2D eigenvalue weighted by atomic mass is 9.71. The van der Waals surface area contributed by atoms with Crippen LogP contribution in [0.25, 0.3) is 0 Å². The Balaban J connectivity index is 2.74. The van der Waals surface area contributed by atoms with Gasteiger partial charge in [0.2, 0.25) is 5.91 Å². The quantitative estimate of drug-likeness (QED) is 0.621. The molecular weight excluding hydrogens is 196 g/mol. The fraction of sp³-hybridized carbons (Fsp3) is 0.800. The molecule has 0 bridgehead atoms. The first-order valence-corrected chi connectivity index (χ1v) is 5.23. The van der Waals surface area contributed by atoms with Gasteiger partial charge >= 0.3 is 5.97 Å². The standard InChI is InChI=1S/C10H18N2O3/c1-10(9(14)15)5-3-2-4-7(10)12-8(13)6-11/h7H,2-6,11H2,1H3,(H,12,13)(H,14,15). The molecule has 0 saturated heterocycles. The van der Waals surface area contributed by atoms with Crippen LogP contribution in [0.2, 0.25) is 0 Å². The third kappa shape index (κ3) is 2.47. The summed E-state index contributed by atoms with van der Waals surface area (Å²) in [6.07, 6.45) is 3.18. The summed E-state index contributed by atoms with van der Waals surface area (Å²) in [5.74, 6) is -1.13. The van der Waals surface area contributed by atoms with Crippen molar-refractivity contribution in [3.8, 4) is 0 Å². The molecule has 4 N–H and O–H groups in total. The lowest BCUT2D eigenvalue weighted by Crippen LogP contribution is -2.53. The molecular formula is C10H18N2O3. The third-order valence-electron chi connectivity index (χ3n) is 3.22. The molecule has 1 rings (SSSR count). The number of carboxylic acid groups (broad SMARTS) is 1. The predicted octanol–water partition coefficient (Wildman–Crippen LogP) is 0.0948. The fourth-order valence-corrected chi connectivity index (χ4v) is 2.07. The fourth-order valence-electron chi connectivity index (χ4n) is 2.07. The van der Waals surface area contributed by atoms with Gasteiger partial charge in [0.1, 0.15) is 0 Å². The van der Waals surface area contributed by atoms with Crippen molar-refractivity contribution in [1.82, 2.24) is 5.32 Å². The SMILES string of the molecule is CC1(C(=O)O)CCCCC1NC(=O)CN. The number of hydrogen-bond donors (Lipinski definition) is 3. The van der Waals surface area contributed by atoms with Gasteiger partial charge in [0.05, 0.1) is 12.0 Å². The normalized spacial score (nSPS) is 30.9. The predicted molar refractivity (Wildman–Crippen MR) is 55.2 cm³/mol. The van der Waals surface area contributed by atoms with Gasteiger partial charge in [0.25, 0.3) is 0 Å². The van der Waals surface area contributed by atoms with Gasteiger partial charge in [-0.15, -0.1) is 0 Å². The highest BCUT2D eigenvalue weighted by molar-refractivity contribution is 5.81. The van der Waals surface area contributed by atoms with E-state index in [1.54, 1.807) is 6.92 Å². The topological polar surface area (TPSA) is 92.4 Å². The monoisotopic (exact) mass is 214 g/mol. The van der Waals surface area contributed by atoms with Crippen LogP contribution in [-0.4, -0.2) is 29.6 Å². The second-order valence-electron chi connectivity index (χ2n) is 4.29. The zero-order valence-corrected chi connectivity index (χ0v) is 8.95. The van der Waals surface area contributed by atoms with E-state index in [1.165, 1.54) is 0 Å². The maximum atomic E-state index is 11.2. The molecule has 0 spiro atoms. The van der Waals surface area contributed by atoms with Crippen LogP contribution in [0.1, 0.15) is 32.6 Å². The van der Waals surface area contributed by atoms with Gasteiger partial charge in [-0.1, -0.05) is 12.8 Å². The molecule has 1 aliphatic carbocycles. The molecule has 86 valence electrons. The zero-order valence-electron chi connectivity index (χ0n) is 8.95. The van der Waals surface area contributed by atoms with Crippen molar-refractivity contribution < 1.29 is 14.7 Å². The van der Waals surface area contributed by atoms with Crippen molar-refractivity contribution in [2.75, 3.05) is 6.54 Å². The molecule has 0 radical (unpaired) electrons. The minimum Gasteiger partial charge on any atom is -0.481 e. The number of rotatable bonds is 3. The number of nitrogens with two attached hydrogens (primary N) is 1. The molecule has 1 saturated carbocycles. The van der Waals surface area contributed by atoms with Crippen molar-refractivity contribution in [3.63, 3.8) is 0 Å². The molecule has 5 nitrogen and oxygen atoms in total. The average Bonchev–Trinajstić information content (AvgIpc) is 2.21. The van der Waals surface area contributed by atoms with E-state index in [4.69, 9.17) is 5.73 Å². The second kappa shape index (κ2) is 4.61. The van der Waals surface area contributed by atoms with Crippen LogP contribution in [0.4, 0.5) is 0 Å². The molecule has 0 aromatic carbocycles. The molecule has 1 aliphatic rings. The van der Waals surface area contributed by atoms with E-state index in [0.29, 0.717) is 12.8 Å². The van der Waals surface area contributed by atoms with E-state index in [0.717, 1.165) is 12.8 Å². The number of nitrogens with one attached hydrogen (secondary N) is 1. The maximum absolute atomic E-state index is 11.2. The van der Waals surface area contributed by atoms with E-state index in [2.05, 4.69) is 5.32 Å². The molecule has 2 unspecified atom stereocenters. The summed E-state index contributed by atoms with van der Waals surface area (Å²) in [4.78, 5) is 22.3. The average molecular weight is 214 g/mol. The van der Waals surface area contributed by atoms with Crippen LogP contribution in [0.5, 0.6) is 0 Å². The van der Waals surface area contributed by atoms with E-state index in [-0.39, 0.29) is 18.5 Å². The molecule has 1 amide bonds.